The molecule has 280 valence electrons. The molecule has 0 amide bonds. The first kappa shape index (κ1) is 47.8. The number of aliphatic imine (C=N–C) groups is 1. The van der Waals surface area contributed by atoms with Crippen molar-refractivity contribution in [3.8, 4) is 0 Å². The molecule has 11 nitrogen and oxygen atoms in total. The molecule has 54 heavy (non-hydrogen) atoms. The van der Waals surface area contributed by atoms with Crippen molar-refractivity contribution in [2.75, 3.05) is 14.2 Å². The molecule has 0 aliphatic carbocycles. The third-order valence-electron chi connectivity index (χ3n) is 6.49. The number of carbonyl (C=O) groups is 4. The molecule has 1 aliphatic heterocycles. The van der Waals surface area contributed by atoms with E-state index in [2.05, 4.69) is 15.0 Å². The number of rotatable bonds is 7. The van der Waals surface area contributed by atoms with Gasteiger partial charge in [-0.1, -0.05) is 47.5 Å². The molecule has 0 spiro atoms. The minimum Gasteiger partial charge on any atom is -0.550 e. The minimum absolute atomic E-state index is 0. The molecule has 0 bridgehead atoms. The fourth-order valence-corrected chi connectivity index (χ4v) is 5.91. The zero-order valence-electron chi connectivity index (χ0n) is 29.8. The summed E-state index contributed by atoms with van der Waals surface area (Å²) in [5.74, 6) is -2.93. The van der Waals surface area contributed by atoms with Crippen molar-refractivity contribution in [3.05, 3.63) is 131 Å². The topological polar surface area (TPSA) is 184 Å². The Morgan fingerprint density at radius 3 is 1.96 bits per heavy atom. The Labute approximate surface area is 350 Å². The number of aliphatic carboxylic acids is 1. The molecule has 4 aromatic rings. The Hall–Kier alpha value is -4.22. The minimum atomic E-state index is -1.08. The molecule has 1 aliphatic rings. The van der Waals surface area contributed by atoms with Crippen LogP contribution < -0.4 is 45.7 Å². The van der Waals surface area contributed by atoms with E-state index >= 15 is 0 Å². The second kappa shape index (κ2) is 23.5. The quantitative estimate of drug-likeness (QED) is 0.0478. The van der Waals surface area contributed by atoms with E-state index in [9.17, 15) is 23.2 Å². The number of benzene rings is 2. The number of nitrogens with one attached hydrogen (secondary N) is 2. The third-order valence-corrected chi connectivity index (χ3v) is 8.93. The van der Waals surface area contributed by atoms with Gasteiger partial charge >= 0.3 is 41.5 Å². The van der Waals surface area contributed by atoms with Crippen LogP contribution in [0, 0.1) is 17.0 Å². The van der Waals surface area contributed by atoms with Crippen LogP contribution in [-0.4, -0.2) is 49.6 Å². The van der Waals surface area contributed by atoms with Gasteiger partial charge in [0.25, 0.3) is 0 Å². The van der Waals surface area contributed by atoms with Gasteiger partial charge in [-0.2, -0.15) is 0 Å². The SMILES string of the molecule is CC(=O)[O-].COC(=O)C(=Cc1ccc(F)cc1Cl)C(C)=O.COC(=O)C1=C(C)NC(c2cccs2)=NC1c1ccc(F)cc1Cl.N=C(N)c1cccs1.[Na+]. The number of carboxylic acid groups (broad SMARTS) is 1. The summed E-state index contributed by atoms with van der Waals surface area (Å²) in [7, 11) is 2.48. The summed E-state index contributed by atoms with van der Waals surface area (Å²) >= 11 is 15.0. The first-order valence-corrected chi connectivity index (χ1v) is 17.5. The molecule has 0 fully saturated rings. The van der Waals surface area contributed by atoms with Gasteiger partial charge in [0.15, 0.2) is 5.78 Å². The van der Waals surface area contributed by atoms with Crippen LogP contribution in [0.5, 0.6) is 0 Å². The van der Waals surface area contributed by atoms with Crippen molar-refractivity contribution in [3.63, 3.8) is 0 Å². The summed E-state index contributed by atoms with van der Waals surface area (Å²) in [5.41, 5.74) is 6.93. The molecule has 2 aromatic carbocycles. The number of nitrogen functional groups attached to an aromatic ring is 1. The number of carboxylic acids is 1. The smallest absolute Gasteiger partial charge is 0.550 e. The number of halogens is 4. The number of nitrogens with zero attached hydrogens (tertiary/aromatic N) is 1. The van der Waals surface area contributed by atoms with Crippen molar-refractivity contribution in [1.82, 2.24) is 5.32 Å². The summed E-state index contributed by atoms with van der Waals surface area (Å²) < 4.78 is 35.5. The monoisotopic (exact) mass is 828 g/mol. The number of hydrogen-bond donors (Lipinski definition) is 3. The number of ketones is 1. The molecule has 3 heterocycles. The standard InChI is InChI=1S/C17H14ClFN2O2S.C12H10ClFO3.C5H6N2S.C2H4O2.Na/c1-9-14(17(22)23-2)15(11-6-5-10(19)8-12(11)18)21-16(20-9)13-4-3-7-24-13;1-7(15)10(12(16)17-2)5-8-3-4-9(14)6-11(8)13;6-5(7)4-2-1-3-8-4;1-2(3)4;/h3-8,15H,1-2H3,(H,20,21);3-6H,1-2H3;1-3H,(H3,6,7);1H3,(H,3,4);/q;;;;+1/p-1. The molecule has 0 radical (unpaired) electrons. The van der Waals surface area contributed by atoms with Gasteiger partial charge in [-0.05, 0) is 79.6 Å². The third kappa shape index (κ3) is 14.9. The zero-order valence-corrected chi connectivity index (χ0v) is 34.9. The van der Waals surface area contributed by atoms with Gasteiger partial charge in [0.05, 0.1) is 34.6 Å². The molecule has 0 saturated heterocycles. The number of methoxy groups -OCH3 is 2. The van der Waals surface area contributed by atoms with E-state index in [4.69, 9.17) is 49.0 Å². The molecule has 0 saturated carbocycles. The van der Waals surface area contributed by atoms with Gasteiger partial charge in [0.2, 0.25) is 0 Å². The number of amidine groups is 2. The van der Waals surface area contributed by atoms with Crippen molar-refractivity contribution in [1.29, 1.82) is 5.41 Å². The molecule has 5 rings (SSSR count). The van der Waals surface area contributed by atoms with Crippen LogP contribution >= 0.6 is 45.9 Å². The van der Waals surface area contributed by atoms with Gasteiger partial charge < -0.3 is 30.4 Å². The van der Waals surface area contributed by atoms with Crippen molar-refractivity contribution in [2.45, 2.75) is 26.8 Å². The second-order valence-electron chi connectivity index (χ2n) is 10.3. The van der Waals surface area contributed by atoms with Crippen LogP contribution in [0.1, 0.15) is 47.7 Å². The Kier molecular flexibility index (Phi) is 20.8. The van der Waals surface area contributed by atoms with E-state index in [-0.39, 0.29) is 51.0 Å². The van der Waals surface area contributed by atoms with Crippen LogP contribution in [0.4, 0.5) is 8.78 Å². The first-order valence-electron chi connectivity index (χ1n) is 14.9. The fraction of sp³-hybridized carbons (Fsp3) is 0.167. The van der Waals surface area contributed by atoms with E-state index in [1.165, 1.54) is 74.2 Å². The number of Topliss-reactive ketones (excluding diaryl/α,β-unsaturated/α-hetero) is 1. The molecule has 1 atom stereocenters. The number of allylic oxidation sites excluding steroid dienone is 1. The number of esters is 2. The van der Waals surface area contributed by atoms with Crippen LogP contribution in [0.2, 0.25) is 10.0 Å². The first-order chi connectivity index (χ1) is 25.0. The van der Waals surface area contributed by atoms with Gasteiger partial charge in [-0.3, -0.25) is 15.2 Å². The van der Waals surface area contributed by atoms with Gasteiger partial charge in [-0.15, -0.1) is 22.7 Å². The maximum Gasteiger partial charge on any atom is 1.00 e. The van der Waals surface area contributed by atoms with E-state index < -0.39 is 41.4 Å². The number of carbonyl (C=O) groups excluding carboxylic acids is 4. The maximum absolute atomic E-state index is 13.4. The molecule has 4 N–H and O–H groups in total. The van der Waals surface area contributed by atoms with E-state index in [1.807, 2.05) is 35.0 Å². The molecule has 2 aromatic heterocycles. The van der Waals surface area contributed by atoms with Crippen LogP contribution in [0.3, 0.4) is 0 Å². The second-order valence-corrected chi connectivity index (χ2v) is 13.0. The number of hydrogen-bond acceptors (Lipinski definition) is 12. The van der Waals surface area contributed by atoms with Gasteiger partial charge in [0, 0.05) is 22.3 Å². The van der Waals surface area contributed by atoms with Crippen LogP contribution in [-0.2, 0) is 28.7 Å². The average Bonchev–Trinajstić information content (AvgIpc) is 3.83. The van der Waals surface area contributed by atoms with E-state index in [0.717, 1.165) is 22.7 Å². The molecule has 18 heteroatoms. The van der Waals surface area contributed by atoms with Crippen LogP contribution in [0.25, 0.3) is 6.08 Å². The fourth-order valence-electron chi connectivity index (χ4n) is 4.16. The predicted molar refractivity (Wildman–Crippen MR) is 201 cm³/mol. The van der Waals surface area contributed by atoms with Crippen molar-refractivity contribution < 1.29 is 72.1 Å². The summed E-state index contributed by atoms with van der Waals surface area (Å²) in [6, 6.07) is 14.6. The zero-order chi connectivity index (χ0) is 39.8. The van der Waals surface area contributed by atoms with E-state index in [0.29, 0.717) is 28.2 Å². The summed E-state index contributed by atoms with van der Waals surface area (Å²) in [6.45, 7) is 3.99. The largest absolute Gasteiger partial charge is 1.00 e. The average molecular weight is 830 g/mol. The number of ether oxygens (including phenoxy) is 2. The number of nitrogens with two attached hydrogens (primary N) is 1. The van der Waals surface area contributed by atoms with Gasteiger partial charge in [0.1, 0.15) is 34.9 Å². The van der Waals surface area contributed by atoms with Gasteiger partial charge in [-0.25, -0.2) is 18.4 Å². The summed E-state index contributed by atoms with van der Waals surface area (Å²) in [5, 5.41) is 23.1. The summed E-state index contributed by atoms with van der Waals surface area (Å²) in [4.78, 5) is 50.1. The van der Waals surface area contributed by atoms with E-state index in [1.54, 1.807) is 13.0 Å². The summed E-state index contributed by atoms with van der Waals surface area (Å²) in [6.07, 6.45) is 1.27. The molecular formula is C36H33Cl2F2N4NaO7S2. The predicted octanol–water partition coefficient (Wildman–Crippen LogP) is 3.50. The van der Waals surface area contributed by atoms with Crippen molar-refractivity contribution in [2.24, 2.45) is 10.7 Å². The normalized spacial score (nSPS) is 13.0. The number of thiophene rings is 2. The maximum atomic E-state index is 13.4. The Bertz CT molecular complexity index is 2040. The molecular weight excluding hydrogens is 796 g/mol. The van der Waals surface area contributed by atoms with Crippen molar-refractivity contribution >= 4 is 87.3 Å². The molecule has 1 unspecified atom stereocenters. The Balaban J connectivity index is 0.000000421. The van der Waals surface area contributed by atoms with Crippen LogP contribution in [0.15, 0.2) is 93.3 Å². The Morgan fingerprint density at radius 1 is 0.944 bits per heavy atom. The Morgan fingerprint density at radius 2 is 1.52 bits per heavy atom.